The van der Waals surface area contributed by atoms with Crippen molar-refractivity contribution in [1.82, 2.24) is 4.90 Å². The molecule has 0 bridgehead atoms. The summed E-state index contributed by atoms with van der Waals surface area (Å²) in [7, 11) is 0. The first-order valence-electron chi connectivity index (χ1n) is 7.18. The van der Waals surface area contributed by atoms with Crippen LogP contribution < -0.4 is 5.32 Å². The van der Waals surface area contributed by atoms with Crippen LogP contribution in [0.3, 0.4) is 0 Å². The lowest BCUT2D eigenvalue weighted by Gasteiger charge is -2.22. The molecule has 124 valence electrons. The lowest BCUT2D eigenvalue weighted by atomic mass is 10.2. The highest BCUT2D eigenvalue weighted by Gasteiger charge is 2.33. The van der Waals surface area contributed by atoms with Crippen molar-refractivity contribution < 1.29 is 18.0 Å². The molecule has 0 saturated heterocycles. The molecular weight excluding hydrogens is 317 g/mol. The minimum atomic E-state index is -4.52. The first-order valence-corrected chi connectivity index (χ1v) is 7.55. The van der Waals surface area contributed by atoms with Crippen LogP contribution in [-0.2, 0) is 11.0 Å². The van der Waals surface area contributed by atoms with Crippen LogP contribution >= 0.6 is 11.6 Å². The summed E-state index contributed by atoms with van der Waals surface area (Å²) in [5.41, 5.74) is -0.691. The van der Waals surface area contributed by atoms with E-state index in [1.54, 1.807) is 4.90 Å². The van der Waals surface area contributed by atoms with E-state index in [2.05, 4.69) is 5.32 Å². The smallest absolute Gasteiger partial charge is 0.376 e. The standard InChI is InChI=1S/C15H20ClF3N2O/c1-3-7-21(8-4-2)14(22)10-20-11-5-6-13(16)12(9-11)15(17,18)19/h5-6,9,20H,3-4,7-8,10H2,1-2H3. The summed E-state index contributed by atoms with van der Waals surface area (Å²) in [5, 5.41) is 2.37. The number of alkyl halides is 3. The van der Waals surface area contributed by atoms with Crippen LogP contribution in [0.5, 0.6) is 0 Å². The van der Waals surface area contributed by atoms with Gasteiger partial charge in [0.15, 0.2) is 0 Å². The maximum absolute atomic E-state index is 12.8. The van der Waals surface area contributed by atoms with Crippen LogP contribution in [0.25, 0.3) is 0 Å². The van der Waals surface area contributed by atoms with Crippen molar-refractivity contribution in [3.63, 3.8) is 0 Å². The Labute approximate surface area is 133 Å². The van der Waals surface area contributed by atoms with Gasteiger partial charge in [0.1, 0.15) is 0 Å². The molecule has 0 aliphatic carbocycles. The monoisotopic (exact) mass is 336 g/mol. The van der Waals surface area contributed by atoms with Crippen LogP contribution in [0.2, 0.25) is 5.02 Å². The highest BCUT2D eigenvalue weighted by molar-refractivity contribution is 6.31. The molecule has 0 spiro atoms. The van der Waals surface area contributed by atoms with Gasteiger partial charge in [0, 0.05) is 18.8 Å². The zero-order valence-electron chi connectivity index (χ0n) is 12.6. The Morgan fingerprint density at radius 3 is 2.32 bits per heavy atom. The molecule has 0 radical (unpaired) electrons. The highest BCUT2D eigenvalue weighted by atomic mass is 35.5. The second-order valence-corrected chi connectivity index (χ2v) is 5.33. The number of carbonyl (C=O) groups is 1. The molecule has 0 heterocycles. The molecule has 1 rings (SSSR count). The molecule has 1 amide bonds. The largest absolute Gasteiger partial charge is 0.417 e. The minimum absolute atomic E-state index is 0.0427. The third kappa shape index (κ3) is 5.40. The van der Waals surface area contributed by atoms with E-state index in [-0.39, 0.29) is 23.2 Å². The topological polar surface area (TPSA) is 32.3 Å². The van der Waals surface area contributed by atoms with Gasteiger partial charge in [-0.05, 0) is 31.0 Å². The Morgan fingerprint density at radius 2 is 1.82 bits per heavy atom. The van der Waals surface area contributed by atoms with Crippen molar-refractivity contribution in [2.75, 3.05) is 25.0 Å². The molecule has 3 nitrogen and oxygen atoms in total. The molecule has 22 heavy (non-hydrogen) atoms. The van der Waals surface area contributed by atoms with E-state index in [0.29, 0.717) is 13.1 Å². The Bertz CT molecular complexity index is 500. The fourth-order valence-corrected chi connectivity index (χ4v) is 2.27. The minimum Gasteiger partial charge on any atom is -0.376 e. The van der Waals surface area contributed by atoms with E-state index in [4.69, 9.17) is 11.6 Å². The van der Waals surface area contributed by atoms with Crippen molar-refractivity contribution in [3.8, 4) is 0 Å². The summed E-state index contributed by atoms with van der Waals surface area (Å²) in [4.78, 5) is 13.8. The Hall–Kier alpha value is -1.43. The van der Waals surface area contributed by atoms with E-state index in [1.165, 1.54) is 12.1 Å². The second kappa shape index (κ2) is 8.27. The summed E-state index contributed by atoms with van der Waals surface area (Å²) in [6.45, 7) is 5.18. The molecule has 0 unspecified atom stereocenters. The van der Waals surface area contributed by atoms with Crippen molar-refractivity contribution in [2.24, 2.45) is 0 Å². The van der Waals surface area contributed by atoms with E-state index in [9.17, 15) is 18.0 Å². The summed E-state index contributed by atoms with van der Waals surface area (Å²) in [5.74, 6) is -0.132. The molecule has 0 saturated carbocycles. The average molecular weight is 337 g/mol. The van der Waals surface area contributed by atoms with Crippen molar-refractivity contribution in [2.45, 2.75) is 32.9 Å². The van der Waals surface area contributed by atoms with E-state index in [0.717, 1.165) is 18.9 Å². The van der Waals surface area contributed by atoms with Crippen molar-refractivity contribution in [1.29, 1.82) is 0 Å². The van der Waals surface area contributed by atoms with E-state index in [1.807, 2.05) is 13.8 Å². The van der Waals surface area contributed by atoms with Crippen molar-refractivity contribution >= 4 is 23.2 Å². The number of nitrogens with one attached hydrogen (secondary N) is 1. The number of carbonyl (C=O) groups excluding carboxylic acids is 1. The first kappa shape index (κ1) is 18.6. The van der Waals surface area contributed by atoms with Crippen molar-refractivity contribution in [3.05, 3.63) is 28.8 Å². The van der Waals surface area contributed by atoms with Gasteiger partial charge in [-0.25, -0.2) is 0 Å². The fourth-order valence-electron chi connectivity index (χ4n) is 2.04. The van der Waals surface area contributed by atoms with Gasteiger partial charge in [0.05, 0.1) is 17.1 Å². The second-order valence-electron chi connectivity index (χ2n) is 4.93. The molecule has 1 N–H and O–H groups in total. The number of halogens is 4. The van der Waals surface area contributed by atoms with Gasteiger partial charge < -0.3 is 10.2 Å². The van der Waals surface area contributed by atoms with Gasteiger partial charge in [-0.3, -0.25) is 4.79 Å². The molecule has 0 atom stereocenters. The molecule has 1 aromatic rings. The summed E-state index contributed by atoms with van der Waals surface area (Å²) >= 11 is 5.55. The Morgan fingerprint density at radius 1 is 1.23 bits per heavy atom. The van der Waals surface area contributed by atoms with Crippen LogP contribution in [-0.4, -0.2) is 30.4 Å². The number of amides is 1. The molecule has 1 aromatic carbocycles. The molecule has 0 fully saturated rings. The number of nitrogens with zero attached hydrogens (tertiary/aromatic N) is 1. The van der Waals surface area contributed by atoms with E-state index < -0.39 is 11.7 Å². The van der Waals surface area contributed by atoms with Gasteiger partial charge >= 0.3 is 6.18 Å². The molecule has 7 heteroatoms. The molecule has 0 aliphatic rings. The quantitative estimate of drug-likeness (QED) is 0.799. The zero-order valence-corrected chi connectivity index (χ0v) is 13.4. The van der Waals surface area contributed by atoms with Gasteiger partial charge in [-0.2, -0.15) is 13.2 Å². The summed E-state index contributed by atoms with van der Waals surface area (Å²) in [6.07, 6.45) is -2.84. The number of anilines is 1. The third-order valence-electron chi connectivity index (χ3n) is 3.06. The predicted octanol–water partition coefficient (Wildman–Crippen LogP) is 4.42. The summed E-state index contributed by atoms with van der Waals surface area (Å²) in [6, 6.07) is 3.52. The van der Waals surface area contributed by atoms with Crippen LogP contribution in [0.4, 0.5) is 18.9 Å². The molecular formula is C15H20ClF3N2O. The third-order valence-corrected chi connectivity index (χ3v) is 3.38. The molecule has 0 aromatic heterocycles. The number of hydrogen-bond acceptors (Lipinski definition) is 2. The number of hydrogen-bond donors (Lipinski definition) is 1. The Balaban J connectivity index is 2.73. The van der Waals surface area contributed by atoms with Gasteiger partial charge in [-0.15, -0.1) is 0 Å². The zero-order chi connectivity index (χ0) is 16.8. The Kier molecular flexibility index (Phi) is 7.00. The maximum atomic E-state index is 12.8. The number of rotatable bonds is 7. The lowest BCUT2D eigenvalue weighted by molar-refractivity contribution is -0.137. The number of benzene rings is 1. The van der Waals surface area contributed by atoms with Gasteiger partial charge in [-0.1, -0.05) is 25.4 Å². The van der Waals surface area contributed by atoms with Crippen LogP contribution in [0.15, 0.2) is 18.2 Å². The molecule has 0 aliphatic heterocycles. The van der Waals surface area contributed by atoms with Crippen LogP contribution in [0, 0.1) is 0 Å². The average Bonchev–Trinajstić information content (AvgIpc) is 2.44. The van der Waals surface area contributed by atoms with Gasteiger partial charge in [0.2, 0.25) is 5.91 Å². The summed E-state index contributed by atoms with van der Waals surface area (Å²) < 4.78 is 38.3. The first-order chi connectivity index (χ1) is 10.3. The predicted molar refractivity (Wildman–Crippen MR) is 82.1 cm³/mol. The normalized spacial score (nSPS) is 11.4. The van der Waals surface area contributed by atoms with Crippen LogP contribution in [0.1, 0.15) is 32.3 Å². The maximum Gasteiger partial charge on any atom is 0.417 e. The lowest BCUT2D eigenvalue weighted by Crippen LogP contribution is -2.36. The van der Waals surface area contributed by atoms with Gasteiger partial charge in [0.25, 0.3) is 0 Å². The van der Waals surface area contributed by atoms with E-state index >= 15 is 0 Å². The fraction of sp³-hybridized carbons (Fsp3) is 0.533. The highest BCUT2D eigenvalue weighted by Crippen LogP contribution is 2.36. The SMILES string of the molecule is CCCN(CCC)C(=O)CNc1ccc(Cl)c(C(F)(F)F)c1.